The van der Waals surface area contributed by atoms with Gasteiger partial charge < -0.3 is 0 Å². The van der Waals surface area contributed by atoms with Gasteiger partial charge in [-0.2, -0.15) is 4.31 Å². The van der Waals surface area contributed by atoms with Gasteiger partial charge in [-0.05, 0) is 62.7 Å². The summed E-state index contributed by atoms with van der Waals surface area (Å²) in [7, 11) is -3.48. The molecule has 4 heterocycles. The summed E-state index contributed by atoms with van der Waals surface area (Å²) < 4.78 is 27.2. The predicted octanol–water partition coefficient (Wildman–Crippen LogP) is 3.88. The van der Waals surface area contributed by atoms with Gasteiger partial charge in [0, 0.05) is 36.7 Å². The van der Waals surface area contributed by atoms with Crippen LogP contribution in [0.1, 0.15) is 30.5 Å². The lowest BCUT2D eigenvalue weighted by molar-refractivity contribution is 0.346. The van der Waals surface area contributed by atoms with Crippen molar-refractivity contribution in [3.63, 3.8) is 0 Å². The molecular weight excluding hydrogens is 418 g/mol. The van der Waals surface area contributed by atoms with E-state index in [1.54, 1.807) is 22.6 Å². The molecule has 0 radical (unpaired) electrons. The summed E-state index contributed by atoms with van der Waals surface area (Å²) >= 11 is 1.39. The van der Waals surface area contributed by atoms with E-state index in [0.29, 0.717) is 29.6 Å². The third kappa shape index (κ3) is 4.38. The molecule has 30 heavy (non-hydrogen) atoms. The summed E-state index contributed by atoms with van der Waals surface area (Å²) in [5, 5.41) is 1.46. The lowest BCUT2D eigenvalue weighted by Crippen LogP contribution is -2.35. The molecule has 1 aliphatic heterocycles. The quantitative estimate of drug-likeness (QED) is 0.555. The molecule has 9 heteroatoms. The summed E-state index contributed by atoms with van der Waals surface area (Å²) in [5.74, 6) is 0.561. The Morgan fingerprint density at radius 1 is 0.967 bits per heavy atom. The van der Waals surface area contributed by atoms with E-state index in [4.69, 9.17) is 0 Å². The molecule has 0 atom stereocenters. The molecule has 0 amide bonds. The van der Waals surface area contributed by atoms with E-state index in [2.05, 4.69) is 19.9 Å². The van der Waals surface area contributed by atoms with E-state index in [1.165, 1.54) is 18.0 Å². The number of pyridine rings is 2. The van der Waals surface area contributed by atoms with Gasteiger partial charge in [0.2, 0.25) is 10.0 Å². The highest BCUT2D eigenvalue weighted by Gasteiger charge is 2.26. The average Bonchev–Trinajstić information content (AvgIpc) is 2.78. The zero-order valence-corrected chi connectivity index (χ0v) is 18.6. The fourth-order valence-electron chi connectivity index (χ4n) is 3.24. The molecule has 0 aliphatic carbocycles. The molecular formula is C21H23N5O2S2. The Morgan fingerprint density at radius 3 is 2.43 bits per heavy atom. The van der Waals surface area contributed by atoms with E-state index in [0.717, 1.165) is 35.5 Å². The SMILES string of the molecule is Cc1nc(-c2ccccn2)nc(Sc2ccc(S(=O)(=O)N3CCCCC3)cn2)c1C. The zero-order chi connectivity index (χ0) is 21.1. The summed E-state index contributed by atoms with van der Waals surface area (Å²) in [6.07, 6.45) is 6.05. The van der Waals surface area contributed by atoms with Gasteiger partial charge in [-0.15, -0.1) is 0 Å². The average molecular weight is 442 g/mol. The van der Waals surface area contributed by atoms with Crippen LogP contribution < -0.4 is 0 Å². The lowest BCUT2D eigenvalue weighted by Gasteiger charge is -2.25. The molecule has 0 unspecified atom stereocenters. The minimum Gasteiger partial charge on any atom is -0.253 e. The second-order valence-corrected chi connectivity index (χ2v) is 10.1. The molecule has 1 aliphatic rings. The maximum Gasteiger partial charge on any atom is 0.244 e. The Morgan fingerprint density at radius 2 is 1.77 bits per heavy atom. The van der Waals surface area contributed by atoms with E-state index >= 15 is 0 Å². The third-order valence-corrected chi connectivity index (χ3v) is 8.03. The minimum atomic E-state index is -3.48. The molecule has 1 fully saturated rings. The Labute approximate surface area is 181 Å². The van der Waals surface area contributed by atoms with Gasteiger partial charge in [0.25, 0.3) is 0 Å². The Kier molecular flexibility index (Phi) is 6.12. The Hall–Kier alpha value is -2.36. The van der Waals surface area contributed by atoms with E-state index in [1.807, 2.05) is 32.0 Å². The van der Waals surface area contributed by atoms with Crippen molar-refractivity contribution in [3.8, 4) is 11.5 Å². The van der Waals surface area contributed by atoms with Crippen molar-refractivity contribution in [2.75, 3.05) is 13.1 Å². The highest BCUT2D eigenvalue weighted by molar-refractivity contribution is 7.99. The first kappa shape index (κ1) is 20.9. The van der Waals surface area contributed by atoms with Crippen LogP contribution in [0.3, 0.4) is 0 Å². The van der Waals surface area contributed by atoms with Crippen LogP contribution >= 0.6 is 11.8 Å². The van der Waals surface area contributed by atoms with Crippen LogP contribution in [-0.4, -0.2) is 45.7 Å². The standard InChI is InChI=1S/C21H23N5O2S2/c1-15-16(2)24-20(18-8-4-5-11-22-18)25-21(15)29-19-10-9-17(14-23-19)30(27,28)26-12-6-3-7-13-26/h4-5,8-11,14H,3,6-7,12-13H2,1-2H3. The Balaban J connectivity index is 1.58. The number of piperidine rings is 1. The molecule has 0 aromatic carbocycles. The number of rotatable bonds is 5. The fourth-order valence-corrected chi connectivity index (χ4v) is 5.58. The molecule has 1 saturated heterocycles. The molecule has 3 aromatic heterocycles. The monoisotopic (exact) mass is 441 g/mol. The first-order valence-electron chi connectivity index (χ1n) is 9.86. The smallest absolute Gasteiger partial charge is 0.244 e. The molecule has 3 aromatic rings. The molecule has 0 saturated carbocycles. The van der Waals surface area contributed by atoms with Gasteiger partial charge in [0.15, 0.2) is 5.82 Å². The predicted molar refractivity (Wildman–Crippen MR) is 116 cm³/mol. The van der Waals surface area contributed by atoms with Crippen molar-refractivity contribution in [1.82, 2.24) is 24.2 Å². The van der Waals surface area contributed by atoms with Crippen molar-refractivity contribution in [1.29, 1.82) is 0 Å². The van der Waals surface area contributed by atoms with Gasteiger partial charge in [-0.1, -0.05) is 12.5 Å². The zero-order valence-electron chi connectivity index (χ0n) is 16.9. The second kappa shape index (κ2) is 8.79. The van der Waals surface area contributed by atoms with Gasteiger partial charge in [-0.25, -0.2) is 23.4 Å². The van der Waals surface area contributed by atoms with E-state index in [-0.39, 0.29) is 4.90 Å². The first-order chi connectivity index (χ1) is 14.4. The van der Waals surface area contributed by atoms with Crippen LogP contribution in [0.25, 0.3) is 11.5 Å². The summed E-state index contributed by atoms with van der Waals surface area (Å²) in [4.78, 5) is 18.2. The molecule has 0 N–H and O–H groups in total. The molecule has 7 nitrogen and oxygen atoms in total. The van der Waals surface area contributed by atoms with Gasteiger partial charge in [-0.3, -0.25) is 4.98 Å². The molecule has 156 valence electrons. The largest absolute Gasteiger partial charge is 0.253 e. The van der Waals surface area contributed by atoms with Gasteiger partial charge in [0.1, 0.15) is 20.6 Å². The van der Waals surface area contributed by atoms with Crippen molar-refractivity contribution in [2.24, 2.45) is 0 Å². The highest BCUT2D eigenvalue weighted by atomic mass is 32.2. The number of hydrogen-bond acceptors (Lipinski definition) is 7. The second-order valence-electron chi connectivity index (χ2n) is 7.18. The summed E-state index contributed by atoms with van der Waals surface area (Å²) in [5.41, 5.74) is 2.54. The Bertz CT molecular complexity index is 1130. The van der Waals surface area contributed by atoms with Crippen LogP contribution in [0.4, 0.5) is 0 Å². The maximum absolute atomic E-state index is 12.8. The third-order valence-electron chi connectivity index (χ3n) is 5.10. The minimum absolute atomic E-state index is 0.235. The first-order valence-corrected chi connectivity index (χ1v) is 12.1. The number of aryl methyl sites for hydroxylation is 1. The normalized spacial score (nSPS) is 15.3. The van der Waals surface area contributed by atoms with Gasteiger partial charge in [0.05, 0.1) is 0 Å². The summed E-state index contributed by atoms with van der Waals surface area (Å²) in [6.45, 7) is 5.06. The van der Waals surface area contributed by atoms with Crippen LogP contribution in [0.5, 0.6) is 0 Å². The maximum atomic E-state index is 12.8. The van der Waals surface area contributed by atoms with Crippen molar-refractivity contribution in [2.45, 2.75) is 48.1 Å². The van der Waals surface area contributed by atoms with Crippen molar-refractivity contribution in [3.05, 3.63) is 54.0 Å². The molecule has 4 rings (SSSR count). The van der Waals surface area contributed by atoms with Crippen molar-refractivity contribution >= 4 is 21.8 Å². The number of sulfonamides is 1. The van der Waals surface area contributed by atoms with Crippen LogP contribution in [-0.2, 0) is 10.0 Å². The van der Waals surface area contributed by atoms with Gasteiger partial charge >= 0.3 is 0 Å². The number of nitrogens with zero attached hydrogens (tertiary/aromatic N) is 5. The van der Waals surface area contributed by atoms with E-state index in [9.17, 15) is 8.42 Å². The highest BCUT2D eigenvalue weighted by Crippen LogP contribution is 2.30. The van der Waals surface area contributed by atoms with Crippen molar-refractivity contribution < 1.29 is 8.42 Å². The van der Waals surface area contributed by atoms with Crippen LogP contribution in [0.15, 0.2) is 57.7 Å². The van der Waals surface area contributed by atoms with Crippen LogP contribution in [0.2, 0.25) is 0 Å². The van der Waals surface area contributed by atoms with E-state index < -0.39 is 10.0 Å². The summed E-state index contributed by atoms with van der Waals surface area (Å²) in [6, 6.07) is 8.98. The number of hydrogen-bond donors (Lipinski definition) is 0. The molecule has 0 spiro atoms. The van der Waals surface area contributed by atoms with Crippen LogP contribution in [0, 0.1) is 13.8 Å². The number of aromatic nitrogens is 4. The lowest BCUT2D eigenvalue weighted by atomic mass is 10.2. The fraction of sp³-hybridized carbons (Fsp3) is 0.333. The molecule has 0 bridgehead atoms. The topological polar surface area (TPSA) is 88.9 Å².